The summed E-state index contributed by atoms with van der Waals surface area (Å²) >= 11 is 0. The number of nitro groups is 1. The van der Waals surface area contributed by atoms with Crippen molar-refractivity contribution in [3.05, 3.63) is 33.9 Å². The summed E-state index contributed by atoms with van der Waals surface area (Å²) in [6.45, 7) is 4.09. The number of rotatable bonds is 4. The Morgan fingerprint density at radius 3 is 2.67 bits per heavy atom. The summed E-state index contributed by atoms with van der Waals surface area (Å²) in [5.74, 6) is -0.412. The highest BCUT2D eigenvalue weighted by atomic mass is 16.6. The van der Waals surface area contributed by atoms with E-state index in [1.165, 1.54) is 26.0 Å². The molecule has 1 saturated heterocycles. The van der Waals surface area contributed by atoms with Crippen molar-refractivity contribution in [2.24, 2.45) is 0 Å². The molecular weight excluding hydrogens is 274 g/mol. The van der Waals surface area contributed by atoms with Crippen molar-refractivity contribution < 1.29 is 14.5 Å². The minimum absolute atomic E-state index is 0.0500. The van der Waals surface area contributed by atoms with Gasteiger partial charge in [-0.3, -0.25) is 19.7 Å². The number of nitrogens with zero attached hydrogens (tertiary/aromatic N) is 2. The van der Waals surface area contributed by atoms with Gasteiger partial charge in [-0.2, -0.15) is 0 Å². The van der Waals surface area contributed by atoms with Gasteiger partial charge in [-0.25, -0.2) is 0 Å². The highest BCUT2D eigenvalue weighted by Gasteiger charge is 2.26. The Hall–Kier alpha value is -2.44. The molecule has 0 spiro atoms. The van der Waals surface area contributed by atoms with Gasteiger partial charge in [0.25, 0.3) is 5.69 Å². The summed E-state index contributed by atoms with van der Waals surface area (Å²) in [4.78, 5) is 35.0. The molecule has 1 unspecified atom stereocenters. The first-order chi connectivity index (χ1) is 9.88. The van der Waals surface area contributed by atoms with Crippen molar-refractivity contribution in [1.29, 1.82) is 0 Å². The Morgan fingerprint density at radius 1 is 1.38 bits per heavy atom. The van der Waals surface area contributed by atoms with Crippen LogP contribution < -0.4 is 10.2 Å². The Kier molecular flexibility index (Phi) is 4.21. The van der Waals surface area contributed by atoms with E-state index in [1.807, 2.05) is 4.90 Å². The Bertz CT molecular complexity index is 600. The summed E-state index contributed by atoms with van der Waals surface area (Å²) in [5.41, 5.74) is 0.629. The number of nitro benzene ring substituents is 1. The van der Waals surface area contributed by atoms with Gasteiger partial charge in [-0.15, -0.1) is 0 Å². The van der Waals surface area contributed by atoms with E-state index in [-0.39, 0.29) is 29.0 Å². The topological polar surface area (TPSA) is 92.6 Å². The molecular formula is C14H17N3O4. The predicted molar refractivity (Wildman–Crippen MR) is 77.5 cm³/mol. The number of nitrogens with one attached hydrogen (secondary N) is 1. The van der Waals surface area contributed by atoms with Crippen molar-refractivity contribution >= 4 is 23.1 Å². The number of carbonyl (C=O) groups is 2. The van der Waals surface area contributed by atoms with Crippen LogP contribution in [0.1, 0.15) is 30.6 Å². The lowest BCUT2D eigenvalue weighted by Gasteiger charge is -2.19. The van der Waals surface area contributed by atoms with Crippen LogP contribution in [0.3, 0.4) is 0 Å². The molecule has 0 aromatic heterocycles. The van der Waals surface area contributed by atoms with E-state index in [2.05, 4.69) is 5.32 Å². The van der Waals surface area contributed by atoms with Gasteiger partial charge in [0.15, 0.2) is 5.78 Å². The van der Waals surface area contributed by atoms with Crippen LogP contribution in [0.4, 0.5) is 11.4 Å². The minimum Gasteiger partial charge on any atom is -0.369 e. The Labute approximate surface area is 122 Å². The van der Waals surface area contributed by atoms with Gasteiger partial charge < -0.3 is 10.2 Å². The third kappa shape index (κ3) is 3.36. The number of hydrogen-bond acceptors (Lipinski definition) is 5. The molecule has 1 fully saturated rings. The van der Waals surface area contributed by atoms with Gasteiger partial charge in [0.05, 0.1) is 10.5 Å². The van der Waals surface area contributed by atoms with Crippen LogP contribution >= 0.6 is 0 Å². The molecule has 1 N–H and O–H groups in total. The van der Waals surface area contributed by atoms with Crippen LogP contribution in [-0.2, 0) is 4.79 Å². The molecule has 0 aliphatic carbocycles. The molecule has 1 aliphatic heterocycles. The molecule has 1 aromatic rings. The maximum Gasteiger partial charge on any atom is 0.282 e. The zero-order valence-electron chi connectivity index (χ0n) is 12.0. The number of ketones is 1. The van der Waals surface area contributed by atoms with Gasteiger partial charge in [-0.1, -0.05) is 0 Å². The van der Waals surface area contributed by atoms with Gasteiger partial charge in [0, 0.05) is 37.8 Å². The van der Waals surface area contributed by atoms with E-state index in [4.69, 9.17) is 0 Å². The number of Topliss-reactive ketones (excluding diaryl/α,β-unsaturated/α-hetero) is 1. The molecule has 2 rings (SSSR count). The van der Waals surface area contributed by atoms with E-state index < -0.39 is 4.92 Å². The van der Waals surface area contributed by atoms with E-state index in [0.717, 1.165) is 6.42 Å². The molecule has 0 saturated carbocycles. The Morgan fingerprint density at radius 2 is 2.10 bits per heavy atom. The molecule has 1 amide bonds. The maximum absolute atomic E-state index is 11.4. The molecule has 1 aliphatic rings. The standard InChI is InChI=1S/C14H17N3O4/c1-9(18)13-4-3-12(7-14(13)17(20)21)16-6-5-11(8-16)15-10(2)19/h3-4,7,11H,5-6,8H2,1-2H3,(H,15,19). The molecule has 0 radical (unpaired) electrons. The second-order valence-corrected chi connectivity index (χ2v) is 5.15. The molecule has 7 heteroatoms. The third-order valence-electron chi connectivity index (χ3n) is 3.52. The lowest BCUT2D eigenvalue weighted by atomic mass is 10.1. The van der Waals surface area contributed by atoms with Gasteiger partial charge in [-0.05, 0) is 25.5 Å². The SMILES string of the molecule is CC(=O)NC1CCN(c2ccc(C(C)=O)c([N+](=O)[O-])c2)C1. The molecule has 112 valence electrons. The first-order valence-corrected chi connectivity index (χ1v) is 6.70. The van der Waals surface area contributed by atoms with Gasteiger partial charge >= 0.3 is 0 Å². The number of carbonyl (C=O) groups excluding carboxylic acids is 2. The highest BCUT2D eigenvalue weighted by Crippen LogP contribution is 2.28. The van der Waals surface area contributed by atoms with Gasteiger partial charge in [0.1, 0.15) is 0 Å². The van der Waals surface area contributed by atoms with Crippen LogP contribution in [0.25, 0.3) is 0 Å². The average Bonchev–Trinajstić information content (AvgIpc) is 2.85. The number of amides is 1. The van der Waals surface area contributed by atoms with E-state index in [0.29, 0.717) is 18.8 Å². The van der Waals surface area contributed by atoms with Crippen LogP contribution in [0.15, 0.2) is 18.2 Å². The van der Waals surface area contributed by atoms with Crippen molar-refractivity contribution in [3.63, 3.8) is 0 Å². The largest absolute Gasteiger partial charge is 0.369 e. The summed E-state index contributed by atoms with van der Waals surface area (Å²) in [6.07, 6.45) is 0.793. The number of hydrogen-bond donors (Lipinski definition) is 1. The zero-order valence-corrected chi connectivity index (χ0v) is 12.0. The molecule has 7 nitrogen and oxygen atoms in total. The maximum atomic E-state index is 11.4. The summed E-state index contributed by atoms with van der Waals surface area (Å²) < 4.78 is 0. The second kappa shape index (κ2) is 5.90. The molecule has 1 aromatic carbocycles. The predicted octanol–water partition coefficient (Wildman–Crippen LogP) is 1.51. The van der Waals surface area contributed by atoms with Crippen molar-refractivity contribution in [2.75, 3.05) is 18.0 Å². The van der Waals surface area contributed by atoms with Crippen molar-refractivity contribution in [3.8, 4) is 0 Å². The summed E-state index contributed by atoms with van der Waals surface area (Å²) in [6, 6.07) is 4.67. The van der Waals surface area contributed by atoms with Crippen LogP contribution in [-0.4, -0.2) is 35.7 Å². The second-order valence-electron chi connectivity index (χ2n) is 5.15. The lowest BCUT2D eigenvalue weighted by molar-refractivity contribution is -0.385. The highest BCUT2D eigenvalue weighted by molar-refractivity contribution is 5.98. The number of anilines is 1. The monoisotopic (exact) mass is 291 g/mol. The fraction of sp³-hybridized carbons (Fsp3) is 0.429. The van der Waals surface area contributed by atoms with Crippen LogP contribution in [0, 0.1) is 10.1 Å². The fourth-order valence-corrected chi connectivity index (χ4v) is 2.57. The average molecular weight is 291 g/mol. The number of benzene rings is 1. The normalized spacial score (nSPS) is 17.6. The van der Waals surface area contributed by atoms with Gasteiger partial charge in [0.2, 0.25) is 5.91 Å². The van der Waals surface area contributed by atoms with Crippen molar-refractivity contribution in [1.82, 2.24) is 5.32 Å². The quantitative estimate of drug-likeness (QED) is 0.515. The summed E-state index contributed by atoms with van der Waals surface area (Å²) in [5, 5.41) is 13.9. The molecule has 1 atom stereocenters. The third-order valence-corrected chi connectivity index (χ3v) is 3.52. The molecule has 21 heavy (non-hydrogen) atoms. The van der Waals surface area contributed by atoms with E-state index in [9.17, 15) is 19.7 Å². The first kappa shape index (κ1) is 15.0. The molecule has 0 bridgehead atoms. The Balaban J connectivity index is 2.22. The minimum atomic E-state index is -0.540. The van der Waals surface area contributed by atoms with Crippen molar-refractivity contribution in [2.45, 2.75) is 26.3 Å². The molecule has 1 heterocycles. The smallest absolute Gasteiger partial charge is 0.282 e. The van der Waals surface area contributed by atoms with E-state index in [1.54, 1.807) is 6.07 Å². The van der Waals surface area contributed by atoms with Crippen LogP contribution in [0.2, 0.25) is 0 Å². The zero-order chi connectivity index (χ0) is 15.6. The fourth-order valence-electron chi connectivity index (χ4n) is 2.57. The van der Waals surface area contributed by atoms with Crippen LogP contribution in [0.5, 0.6) is 0 Å². The van der Waals surface area contributed by atoms with E-state index >= 15 is 0 Å². The lowest BCUT2D eigenvalue weighted by Crippen LogP contribution is -2.35. The summed E-state index contributed by atoms with van der Waals surface area (Å²) in [7, 11) is 0. The first-order valence-electron chi connectivity index (χ1n) is 6.70.